The van der Waals surface area contributed by atoms with Crippen molar-refractivity contribution in [3.63, 3.8) is 0 Å². The molecule has 1 aromatic heterocycles. The molecule has 0 saturated carbocycles. The molecule has 1 aromatic carbocycles. The summed E-state index contributed by atoms with van der Waals surface area (Å²) in [5.41, 5.74) is 0.803. The van der Waals surface area contributed by atoms with Gasteiger partial charge in [-0.2, -0.15) is 0 Å². The number of carbonyl (C=O) groups excluding carboxylic acids is 1. The van der Waals surface area contributed by atoms with Gasteiger partial charge in [-0.3, -0.25) is 4.98 Å². The Bertz CT molecular complexity index is 755. The minimum Gasteiger partial charge on any atom is -0.465 e. The number of carbonyl (C=O) groups is 1. The van der Waals surface area contributed by atoms with Crippen molar-refractivity contribution in [3.05, 3.63) is 53.9 Å². The molecule has 110 valence electrons. The van der Waals surface area contributed by atoms with E-state index in [0.29, 0.717) is 11.1 Å². The first kappa shape index (κ1) is 15.1. The van der Waals surface area contributed by atoms with Crippen molar-refractivity contribution < 1.29 is 18.8 Å². The van der Waals surface area contributed by atoms with Gasteiger partial charge in [0, 0.05) is 12.4 Å². The van der Waals surface area contributed by atoms with Crippen molar-refractivity contribution in [1.29, 1.82) is 4.78 Å². The highest BCUT2D eigenvalue weighted by molar-refractivity contribution is 7.92. The number of nitrogens with one attached hydrogen (secondary N) is 1. The minimum atomic E-state index is -3.25. The van der Waals surface area contributed by atoms with Crippen molar-refractivity contribution >= 4 is 15.7 Å². The average molecular weight is 306 g/mol. The molecule has 2 aromatic rings. The molecule has 0 fully saturated rings. The predicted molar refractivity (Wildman–Crippen MR) is 75.3 cm³/mol. The summed E-state index contributed by atoms with van der Waals surface area (Å²) in [5, 5.41) is 9.08. The van der Waals surface area contributed by atoms with Crippen molar-refractivity contribution in [3.8, 4) is 0 Å². The van der Waals surface area contributed by atoms with Crippen LogP contribution in [-0.4, -0.2) is 27.4 Å². The number of esters is 1. The summed E-state index contributed by atoms with van der Waals surface area (Å²) in [6.45, 7) is -0.238. The third-order valence-electron chi connectivity index (χ3n) is 2.89. The molecule has 1 atom stereocenters. The van der Waals surface area contributed by atoms with Gasteiger partial charge in [0.25, 0.3) is 0 Å². The van der Waals surface area contributed by atoms with Crippen LogP contribution in [0, 0.1) is 4.78 Å². The molecule has 0 amide bonds. The SMILES string of the molecule is COC(=O)c1ccc(S(=N)(=O)c2cncc(CO)c2)cc1. The standard InChI is InChI=1S/C14H14N2O4S/c1-20-14(18)11-2-4-12(5-3-11)21(15,19)13-6-10(9-17)7-16-8-13/h2-8,15,17H,9H2,1H3. The van der Waals surface area contributed by atoms with E-state index in [1.165, 1.54) is 49.8 Å². The number of ether oxygens (including phenoxy) is 1. The van der Waals surface area contributed by atoms with E-state index in [-0.39, 0.29) is 16.4 Å². The van der Waals surface area contributed by atoms with Gasteiger partial charge in [-0.05, 0) is 35.9 Å². The van der Waals surface area contributed by atoms with E-state index < -0.39 is 15.7 Å². The zero-order chi connectivity index (χ0) is 15.5. The molecule has 0 aliphatic carbocycles. The minimum absolute atomic E-state index is 0.208. The van der Waals surface area contributed by atoms with Crippen LogP contribution in [0.2, 0.25) is 0 Å². The molecule has 0 spiro atoms. The van der Waals surface area contributed by atoms with Crippen LogP contribution in [0.4, 0.5) is 0 Å². The largest absolute Gasteiger partial charge is 0.465 e. The molecule has 21 heavy (non-hydrogen) atoms. The van der Waals surface area contributed by atoms with Gasteiger partial charge in [-0.15, -0.1) is 0 Å². The molecule has 0 radical (unpaired) electrons. The van der Waals surface area contributed by atoms with E-state index in [9.17, 15) is 9.00 Å². The van der Waals surface area contributed by atoms with Gasteiger partial charge in [0.1, 0.15) is 9.73 Å². The quantitative estimate of drug-likeness (QED) is 0.839. The van der Waals surface area contributed by atoms with Crippen LogP contribution in [0.5, 0.6) is 0 Å². The lowest BCUT2D eigenvalue weighted by Crippen LogP contribution is -2.04. The van der Waals surface area contributed by atoms with Crippen LogP contribution in [0.25, 0.3) is 0 Å². The van der Waals surface area contributed by atoms with E-state index in [1.807, 2.05) is 0 Å². The van der Waals surface area contributed by atoms with Crippen molar-refractivity contribution in [2.24, 2.45) is 0 Å². The molecule has 0 aliphatic rings. The number of nitrogens with zero attached hydrogens (tertiary/aromatic N) is 1. The lowest BCUT2D eigenvalue weighted by Gasteiger charge is -2.09. The van der Waals surface area contributed by atoms with Crippen molar-refractivity contribution in [2.75, 3.05) is 7.11 Å². The summed E-state index contributed by atoms with van der Waals surface area (Å²) in [6.07, 6.45) is 2.78. The molecule has 0 bridgehead atoms. The number of pyridine rings is 1. The van der Waals surface area contributed by atoms with Crippen LogP contribution in [-0.2, 0) is 21.1 Å². The Morgan fingerprint density at radius 2 is 1.95 bits per heavy atom. The summed E-state index contributed by atoms with van der Waals surface area (Å²) in [7, 11) is -1.97. The number of hydrogen-bond donors (Lipinski definition) is 2. The van der Waals surface area contributed by atoms with E-state index >= 15 is 0 Å². The second-order valence-corrected chi connectivity index (χ2v) is 6.31. The summed E-state index contributed by atoms with van der Waals surface area (Å²) < 4.78 is 25.3. The number of aliphatic hydroxyl groups excluding tert-OH is 1. The number of aliphatic hydroxyl groups is 1. The number of benzene rings is 1. The highest BCUT2D eigenvalue weighted by Gasteiger charge is 2.15. The van der Waals surface area contributed by atoms with Crippen LogP contribution in [0.3, 0.4) is 0 Å². The fourth-order valence-electron chi connectivity index (χ4n) is 1.74. The summed E-state index contributed by atoms with van der Waals surface area (Å²) in [6, 6.07) is 7.30. The van der Waals surface area contributed by atoms with Gasteiger partial charge in [0.15, 0.2) is 0 Å². The number of methoxy groups -OCH3 is 1. The van der Waals surface area contributed by atoms with Crippen molar-refractivity contribution in [2.45, 2.75) is 16.4 Å². The molecule has 2 N–H and O–H groups in total. The number of rotatable bonds is 4. The van der Waals surface area contributed by atoms with Crippen molar-refractivity contribution in [1.82, 2.24) is 4.98 Å². The maximum absolute atomic E-state index is 12.6. The van der Waals surface area contributed by atoms with E-state index in [0.717, 1.165) is 0 Å². The van der Waals surface area contributed by atoms with Gasteiger partial charge in [-0.1, -0.05) is 0 Å². The average Bonchev–Trinajstić information content (AvgIpc) is 2.54. The second kappa shape index (κ2) is 6.02. The van der Waals surface area contributed by atoms with Crippen LogP contribution in [0.15, 0.2) is 52.5 Å². The Hall–Kier alpha value is -2.25. The van der Waals surface area contributed by atoms with E-state index in [1.54, 1.807) is 0 Å². The molecule has 0 saturated heterocycles. The topological polar surface area (TPSA) is 100 Å². The molecule has 7 heteroatoms. The fraction of sp³-hybridized carbons (Fsp3) is 0.143. The summed E-state index contributed by atoms with van der Waals surface area (Å²) in [5.74, 6) is -0.498. The zero-order valence-corrected chi connectivity index (χ0v) is 12.1. The highest BCUT2D eigenvalue weighted by atomic mass is 32.2. The molecule has 2 rings (SSSR count). The molecule has 1 heterocycles. The second-order valence-electron chi connectivity index (χ2n) is 4.26. The normalized spacial score (nSPS) is 13.4. The Labute approximate surface area is 122 Å². The van der Waals surface area contributed by atoms with E-state index in [2.05, 4.69) is 9.72 Å². The maximum Gasteiger partial charge on any atom is 0.337 e. The third-order valence-corrected chi connectivity index (χ3v) is 4.71. The smallest absolute Gasteiger partial charge is 0.337 e. The molecule has 6 nitrogen and oxygen atoms in total. The Morgan fingerprint density at radius 3 is 2.52 bits per heavy atom. The Morgan fingerprint density at radius 1 is 1.29 bits per heavy atom. The van der Waals surface area contributed by atoms with Gasteiger partial charge >= 0.3 is 5.97 Å². The van der Waals surface area contributed by atoms with Crippen LogP contribution in [0.1, 0.15) is 15.9 Å². The van der Waals surface area contributed by atoms with Crippen LogP contribution < -0.4 is 0 Å². The highest BCUT2D eigenvalue weighted by Crippen LogP contribution is 2.22. The first-order valence-corrected chi connectivity index (χ1v) is 7.57. The molecular formula is C14H14N2O4S. The molecular weight excluding hydrogens is 292 g/mol. The Kier molecular flexibility index (Phi) is 4.35. The predicted octanol–water partition coefficient (Wildman–Crippen LogP) is 1.83. The fourth-order valence-corrected chi connectivity index (χ4v) is 3.06. The monoisotopic (exact) mass is 306 g/mol. The maximum atomic E-state index is 12.6. The zero-order valence-electron chi connectivity index (χ0n) is 11.3. The third kappa shape index (κ3) is 3.09. The Balaban J connectivity index is 2.41. The van der Waals surface area contributed by atoms with Crippen LogP contribution >= 0.6 is 0 Å². The first-order valence-electron chi connectivity index (χ1n) is 6.01. The van der Waals surface area contributed by atoms with Gasteiger partial charge in [0.2, 0.25) is 0 Å². The summed E-state index contributed by atoms with van der Waals surface area (Å²) in [4.78, 5) is 15.7. The lowest BCUT2D eigenvalue weighted by molar-refractivity contribution is 0.0600. The first-order chi connectivity index (χ1) is 9.98. The van der Waals surface area contributed by atoms with Gasteiger partial charge in [0.05, 0.1) is 29.1 Å². The molecule has 0 aliphatic heterocycles. The molecule has 1 unspecified atom stereocenters. The lowest BCUT2D eigenvalue weighted by atomic mass is 10.2. The number of hydrogen-bond acceptors (Lipinski definition) is 6. The number of aromatic nitrogens is 1. The van der Waals surface area contributed by atoms with Gasteiger partial charge in [-0.25, -0.2) is 13.8 Å². The summed E-state index contributed by atoms with van der Waals surface area (Å²) >= 11 is 0. The van der Waals surface area contributed by atoms with Gasteiger partial charge < -0.3 is 9.84 Å². The van der Waals surface area contributed by atoms with E-state index in [4.69, 9.17) is 9.89 Å².